The average molecular weight is 250 g/mol. The van der Waals surface area contributed by atoms with Gasteiger partial charge in [-0.05, 0) is 44.3 Å². The van der Waals surface area contributed by atoms with E-state index in [1.54, 1.807) is 0 Å². The molecule has 0 saturated carbocycles. The summed E-state index contributed by atoms with van der Waals surface area (Å²) in [4.78, 5) is 11.7. The normalized spacial score (nSPS) is 37.8. The second-order valence-corrected chi connectivity index (χ2v) is 5.62. The zero-order valence-electron chi connectivity index (χ0n) is 11.2. The third-order valence-electron chi connectivity index (χ3n) is 4.22. The van der Waals surface area contributed by atoms with E-state index in [-0.39, 0.29) is 23.9 Å². The molecule has 0 aromatic rings. The monoisotopic (exact) mass is 250 g/mol. The summed E-state index contributed by atoms with van der Waals surface area (Å²) < 4.78 is 5.43. The van der Waals surface area contributed by atoms with E-state index < -0.39 is 6.10 Å². The molecule has 3 heteroatoms. The molecule has 0 amide bonds. The van der Waals surface area contributed by atoms with Gasteiger partial charge in [0.25, 0.3) is 0 Å². The van der Waals surface area contributed by atoms with Crippen LogP contribution in [0.15, 0.2) is 23.8 Å². The minimum Gasteiger partial charge on any atom is -0.458 e. The van der Waals surface area contributed by atoms with Crippen LogP contribution in [0.1, 0.15) is 39.5 Å². The molecule has 3 nitrogen and oxygen atoms in total. The van der Waals surface area contributed by atoms with Gasteiger partial charge < -0.3 is 9.84 Å². The van der Waals surface area contributed by atoms with Crippen molar-refractivity contribution in [1.82, 2.24) is 0 Å². The van der Waals surface area contributed by atoms with Gasteiger partial charge in [-0.2, -0.15) is 0 Å². The van der Waals surface area contributed by atoms with Crippen LogP contribution in [0.4, 0.5) is 0 Å². The molecule has 0 aromatic carbocycles. The quantitative estimate of drug-likeness (QED) is 0.531. The van der Waals surface area contributed by atoms with Crippen LogP contribution < -0.4 is 0 Å². The van der Waals surface area contributed by atoms with E-state index >= 15 is 0 Å². The molecule has 1 saturated heterocycles. The molecule has 0 aromatic heterocycles. The Morgan fingerprint density at radius 3 is 2.83 bits per heavy atom. The Balaban J connectivity index is 2.21. The second kappa shape index (κ2) is 5.27. The lowest BCUT2D eigenvalue weighted by Crippen LogP contribution is -2.21. The van der Waals surface area contributed by atoms with E-state index in [1.807, 2.05) is 13.8 Å². The number of aliphatic hydroxyl groups is 1. The maximum atomic E-state index is 11.7. The van der Waals surface area contributed by atoms with Gasteiger partial charge in [-0.1, -0.05) is 19.1 Å². The van der Waals surface area contributed by atoms with Gasteiger partial charge in [-0.25, -0.2) is 0 Å². The third-order valence-corrected chi connectivity index (χ3v) is 4.22. The summed E-state index contributed by atoms with van der Waals surface area (Å²) in [6.45, 7) is 7.92. The van der Waals surface area contributed by atoms with Crippen LogP contribution in [-0.2, 0) is 9.53 Å². The largest absolute Gasteiger partial charge is 0.458 e. The van der Waals surface area contributed by atoms with Crippen LogP contribution >= 0.6 is 0 Å². The highest BCUT2D eigenvalue weighted by molar-refractivity contribution is 5.75. The summed E-state index contributed by atoms with van der Waals surface area (Å²) >= 11 is 0. The van der Waals surface area contributed by atoms with Crippen molar-refractivity contribution >= 4 is 5.97 Å². The molecular formula is C15H22O3. The molecule has 0 spiro atoms. The summed E-state index contributed by atoms with van der Waals surface area (Å²) in [5.41, 5.74) is 2.07. The molecule has 0 radical (unpaired) electrons. The third kappa shape index (κ3) is 2.66. The fourth-order valence-electron chi connectivity index (χ4n) is 2.81. The van der Waals surface area contributed by atoms with Gasteiger partial charge in [-0.15, -0.1) is 0 Å². The maximum Gasteiger partial charge on any atom is 0.309 e. The number of carbonyl (C=O) groups excluding carboxylic acids is 1. The van der Waals surface area contributed by atoms with E-state index in [1.165, 1.54) is 5.57 Å². The number of esters is 1. The highest BCUT2D eigenvalue weighted by Crippen LogP contribution is 2.35. The van der Waals surface area contributed by atoms with E-state index in [0.29, 0.717) is 6.42 Å². The van der Waals surface area contributed by atoms with Crippen molar-refractivity contribution in [2.75, 3.05) is 0 Å². The summed E-state index contributed by atoms with van der Waals surface area (Å²) in [7, 11) is 0. The van der Waals surface area contributed by atoms with Crippen LogP contribution in [0.2, 0.25) is 0 Å². The predicted octanol–water partition coefficient (Wildman–Crippen LogP) is 2.60. The molecule has 4 atom stereocenters. The van der Waals surface area contributed by atoms with Crippen molar-refractivity contribution in [2.24, 2.45) is 11.8 Å². The number of aliphatic hydroxyl groups excluding tert-OH is 1. The summed E-state index contributed by atoms with van der Waals surface area (Å²) in [6, 6.07) is 0. The molecule has 18 heavy (non-hydrogen) atoms. The van der Waals surface area contributed by atoms with Gasteiger partial charge >= 0.3 is 5.97 Å². The van der Waals surface area contributed by atoms with Gasteiger partial charge in [0.1, 0.15) is 6.10 Å². The van der Waals surface area contributed by atoms with Crippen LogP contribution in [0.3, 0.4) is 0 Å². The molecule has 1 aliphatic heterocycles. The average Bonchev–Trinajstić information content (AvgIpc) is 2.58. The Bertz CT molecular complexity index is 383. The summed E-state index contributed by atoms with van der Waals surface area (Å²) in [5.74, 6) is 0.0670. The van der Waals surface area contributed by atoms with Crippen LogP contribution in [0, 0.1) is 11.8 Å². The molecule has 2 rings (SSSR count). The zero-order chi connectivity index (χ0) is 13.3. The highest BCUT2D eigenvalue weighted by Gasteiger charge is 2.40. The van der Waals surface area contributed by atoms with Crippen molar-refractivity contribution in [3.63, 3.8) is 0 Å². The molecular weight excluding hydrogens is 228 g/mol. The smallest absolute Gasteiger partial charge is 0.309 e. The zero-order valence-corrected chi connectivity index (χ0v) is 11.2. The first-order valence-electron chi connectivity index (χ1n) is 6.72. The molecule has 1 N–H and O–H groups in total. The lowest BCUT2D eigenvalue weighted by atomic mass is 9.83. The number of carbonyl (C=O) groups is 1. The summed E-state index contributed by atoms with van der Waals surface area (Å²) in [6.07, 6.45) is 4.73. The van der Waals surface area contributed by atoms with Crippen molar-refractivity contribution < 1.29 is 14.6 Å². The maximum absolute atomic E-state index is 11.7. The molecule has 1 fully saturated rings. The lowest BCUT2D eigenvalue weighted by Gasteiger charge is -2.22. The Morgan fingerprint density at radius 2 is 2.11 bits per heavy atom. The van der Waals surface area contributed by atoms with Crippen molar-refractivity contribution in [3.8, 4) is 0 Å². The number of allylic oxidation sites excluding steroid dienone is 1. The molecule has 100 valence electrons. The SMILES string of the molecule is C=C1CC[C@@H]2[C@H](C=C(C)CC[C@@H]1O)OC(=O)[C@H]2C. The molecule has 2 aliphatic rings. The van der Waals surface area contributed by atoms with E-state index in [4.69, 9.17) is 4.74 Å². The second-order valence-electron chi connectivity index (χ2n) is 5.62. The Kier molecular flexibility index (Phi) is 3.91. The van der Waals surface area contributed by atoms with Gasteiger partial charge in [0.15, 0.2) is 0 Å². The number of rotatable bonds is 0. The Hall–Kier alpha value is -1.09. The fraction of sp³-hybridized carbons (Fsp3) is 0.667. The first kappa shape index (κ1) is 13.3. The number of fused-ring (bicyclic) bond motifs is 1. The number of ether oxygens (including phenoxy) is 1. The first-order valence-corrected chi connectivity index (χ1v) is 6.72. The number of hydrogen-bond acceptors (Lipinski definition) is 3. The molecule has 0 unspecified atom stereocenters. The van der Waals surface area contributed by atoms with Crippen molar-refractivity contribution in [2.45, 2.75) is 51.7 Å². The molecule has 0 bridgehead atoms. The van der Waals surface area contributed by atoms with Crippen LogP contribution in [0.5, 0.6) is 0 Å². The van der Waals surface area contributed by atoms with Gasteiger partial charge in [0, 0.05) is 5.92 Å². The van der Waals surface area contributed by atoms with E-state index in [9.17, 15) is 9.90 Å². The number of hydrogen-bond donors (Lipinski definition) is 1. The first-order chi connectivity index (χ1) is 8.49. The molecule has 1 aliphatic carbocycles. The van der Waals surface area contributed by atoms with Crippen LogP contribution in [-0.4, -0.2) is 23.3 Å². The van der Waals surface area contributed by atoms with E-state index in [0.717, 1.165) is 24.8 Å². The van der Waals surface area contributed by atoms with Gasteiger partial charge in [-0.3, -0.25) is 4.79 Å². The van der Waals surface area contributed by atoms with Gasteiger partial charge in [0.05, 0.1) is 12.0 Å². The topological polar surface area (TPSA) is 46.5 Å². The summed E-state index contributed by atoms with van der Waals surface area (Å²) in [5, 5.41) is 9.95. The minimum atomic E-state index is -0.418. The molecule has 1 heterocycles. The predicted molar refractivity (Wildman–Crippen MR) is 69.9 cm³/mol. The lowest BCUT2D eigenvalue weighted by molar-refractivity contribution is -0.142. The van der Waals surface area contributed by atoms with Crippen LogP contribution in [0.25, 0.3) is 0 Å². The highest BCUT2D eigenvalue weighted by atomic mass is 16.6. The van der Waals surface area contributed by atoms with E-state index in [2.05, 4.69) is 12.7 Å². The minimum absolute atomic E-state index is 0.0524. The fourth-order valence-corrected chi connectivity index (χ4v) is 2.81. The van der Waals surface area contributed by atoms with Crippen molar-refractivity contribution in [1.29, 1.82) is 0 Å². The Morgan fingerprint density at radius 1 is 1.39 bits per heavy atom. The van der Waals surface area contributed by atoms with Crippen molar-refractivity contribution in [3.05, 3.63) is 23.8 Å². The Labute approximate surface area is 109 Å². The van der Waals surface area contributed by atoms with Gasteiger partial charge in [0.2, 0.25) is 0 Å². The standard InChI is InChI=1S/C15H22O3/c1-9-4-7-13(16)10(2)5-6-12-11(3)15(17)18-14(12)8-9/h8,11-14,16H,2,4-7H2,1,3H3/t11-,12-,13-,14-/m0/s1.